The molecule has 5 aromatic carbocycles. The minimum atomic E-state index is -0.604. The fourth-order valence-corrected chi connectivity index (χ4v) is 6.38. The average molecular weight is 728 g/mol. The molecule has 0 spiro atoms. The van der Waals surface area contributed by atoms with Gasteiger partial charge in [-0.3, -0.25) is 24.0 Å². The summed E-state index contributed by atoms with van der Waals surface area (Å²) < 4.78 is 16.3. The van der Waals surface area contributed by atoms with Gasteiger partial charge in [-0.2, -0.15) is 0 Å². The molecule has 0 aliphatic heterocycles. The first-order valence-corrected chi connectivity index (χ1v) is 17.2. The Kier molecular flexibility index (Phi) is 11.0. The minimum Gasteiger partial charge on any atom is -0.496 e. The number of ketones is 2. The Morgan fingerprint density at radius 2 is 1.28 bits per heavy atom. The molecule has 3 N–H and O–H groups in total. The van der Waals surface area contributed by atoms with Crippen LogP contribution in [-0.2, 0) is 9.59 Å². The van der Waals surface area contributed by atoms with E-state index >= 15 is 0 Å². The fourth-order valence-electron chi connectivity index (χ4n) is 5.68. The highest BCUT2D eigenvalue weighted by atomic mass is 32.2. The highest BCUT2D eigenvalue weighted by Crippen LogP contribution is 2.36. The lowest BCUT2D eigenvalue weighted by atomic mass is 9.83. The summed E-state index contributed by atoms with van der Waals surface area (Å²) in [6.45, 7) is 0. The van der Waals surface area contributed by atoms with Crippen molar-refractivity contribution in [2.24, 2.45) is 0 Å². The fraction of sp³-hybridized carbons (Fsp3) is 0.0976. The van der Waals surface area contributed by atoms with Crippen LogP contribution >= 0.6 is 11.8 Å². The van der Waals surface area contributed by atoms with Crippen LogP contribution in [0.25, 0.3) is 6.08 Å². The van der Waals surface area contributed by atoms with Gasteiger partial charge in [-0.25, -0.2) is 0 Å². The van der Waals surface area contributed by atoms with Crippen LogP contribution in [0.4, 0.5) is 11.4 Å². The van der Waals surface area contributed by atoms with Crippen molar-refractivity contribution in [3.63, 3.8) is 0 Å². The van der Waals surface area contributed by atoms with Crippen molar-refractivity contribution in [1.82, 2.24) is 5.32 Å². The summed E-state index contributed by atoms with van der Waals surface area (Å²) in [6.07, 6.45) is 1.48. The van der Waals surface area contributed by atoms with Crippen LogP contribution in [0, 0.1) is 0 Å². The van der Waals surface area contributed by atoms with E-state index in [4.69, 9.17) is 14.2 Å². The molecule has 0 aromatic heterocycles. The first kappa shape index (κ1) is 36.1. The van der Waals surface area contributed by atoms with E-state index in [9.17, 15) is 24.0 Å². The standard InChI is InChI=1S/C41H33N3O8S/c1-50-33-22-35(52-3)34(51-2)21-25(33)20-32(44-40(48)24-10-5-4-6-11-24)41(49)42-26-16-18-27(19-17-26)53-23-36(45)43-31-15-9-14-30-37(31)39(47)29-13-8-7-12-28(29)38(30)46/h4-22H,23H2,1-3H3,(H,42,49)(H,43,45)(H,44,48)/b32-20-. The average Bonchev–Trinajstić information content (AvgIpc) is 3.19. The highest BCUT2D eigenvalue weighted by molar-refractivity contribution is 8.00. The van der Waals surface area contributed by atoms with E-state index in [-0.39, 0.29) is 45.7 Å². The molecule has 0 unspecified atom stereocenters. The third kappa shape index (κ3) is 7.97. The number of carbonyl (C=O) groups excluding carboxylic acids is 5. The Bertz CT molecular complexity index is 2270. The number of nitrogens with one attached hydrogen (secondary N) is 3. The Hall–Kier alpha value is -6.66. The number of benzene rings is 5. The van der Waals surface area contributed by atoms with E-state index in [0.29, 0.717) is 45.2 Å². The van der Waals surface area contributed by atoms with E-state index < -0.39 is 11.8 Å². The highest BCUT2D eigenvalue weighted by Gasteiger charge is 2.31. The van der Waals surface area contributed by atoms with Crippen molar-refractivity contribution in [3.8, 4) is 17.2 Å². The number of hydrogen-bond donors (Lipinski definition) is 3. The molecule has 11 nitrogen and oxygen atoms in total. The smallest absolute Gasteiger partial charge is 0.272 e. The van der Waals surface area contributed by atoms with Gasteiger partial charge in [0.15, 0.2) is 23.1 Å². The van der Waals surface area contributed by atoms with Gasteiger partial charge in [-0.15, -0.1) is 11.8 Å². The molecule has 53 heavy (non-hydrogen) atoms. The summed E-state index contributed by atoms with van der Waals surface area (Å²) in [6, 6.07) is 30.0. The van der Waals surface area contributed by atoms with Crippen LogP contribution in [0.1, 0.15) is 47.8 Å². The van der Waals surface area contributed by atoms with Gasteiger partial charge >= 0.3 is 0 Å². The quantitative estimate of drug-likeness (QED) is 0.0933. The number of anilines is 2. The Labute approximate surface area is 309 Å². The van der Waals surface area contributed by atoms with Crippen LogP contribution < -0.4 is 30.2 Å². The monoisotopic (exact) mass is 727 g/mol. The number of fused-ring (bicyclic) bond motifs is 2. The van der Waals surface area contributed by atoms with Crippen LogP contribution in [0.15, 0.2) is 120 Å². The molecule has 5 aromatic rings. The SMILES string of the molecule is COc1cc(OC)c(OC)cc1/C=C(\NC(=O)c1ccccc1)C(=O)Nc1ccc(SCC(=O)Nc2cccc3c2C(=O)c2ccccc2C3=O)cc1. The number of ether oxygens (including phenoxy) is 3. The molecule has 1 aliphatic rings. The third-order valence-electron chi connectivity index (χ3n) is 8.27. The van der Waals surface area contributed by atoms with E-state index in [0.717, 1.165) is 4.90 Å². The summed E-state index contributed by atoms with van der Waals surface area (Å²) in [7, 11) is 4.45. The number of thioether (sulfide) groups is 1. The lowest BCUT2D eigenvalue weighted by Gasteiger charge is -2.20. The first-order chi connectivity index (χ1) is 25.7. The molecule has 0 saturated heterocycles. The molecule has 12 heteroatoms. The van der Waals surface area contributed by atoms with Gasteiger partial charge in [0, 0.05) is 44.5 Å². The van der Waals surface area contributed by atoms with E-state index in [2.05, 4.69) is 16.0 Å². The van der Waals surface area contributed by atoms with Gasteiger partial charge in [0.25, 0.3) is 11.8 Å². The van der Waals surface area contributed by atoms with Crippen LogP contribution in [-0.4, -0.2) is 56.4 Å². The van der Waals surface area contributed by atoms with Crippen LogP contribution in [0.3, 0.4) is 0 Å². The van der Waals surface area contributed by atoms with Crippen molar-refractivity contribution >= 4 is 58.5 Å². The normalized spacial score (nSPS) is 11.9. The zero-order chi connectivity index (χ0) is 37.5. The van der Waals surface area contributed by atoms with Gasteiger partial charge in [0.2, 0.25) is 5.91 Å². The lowest BCUT2D eigenvalue weighted by molar-refractivity contribution is -0.114. The number of rotatable bonds is 12. The van der Waals surface area contributed by atoms with Crippen molar-refractivity contribution in [2.45, 2.75) is 4.90 Å². The largest absolute Gasteiger partial charge is 0.496 e. The number of methoxy groups -OCH3 is 3. The molecular weight excluding hydrogens is 695 g/mol. The maximum absolute atomic E-state index is 13.7. The minimum absolute atomic E-state index is 0.0135. The van der Waals surface area contributed by atoms with Gasteiger partial charge in [0.05, 0.1) is 38.3 Å². The summed E-state index contributed by atoms with van der Waals surface area (Å²) in [5.74, 6) is -0.840. The lowest BCUT2D eigenvalue weighted by Crippen LogP contribution is -2.30. The van der Waals surface area contributed by atoms with Gasteiger partial charge in [-0.1, -0.05) is 54.6 Å². The van der Waals surface area contributed by atoms with E-state index in [1.165, 1.54) is 39.2 Å². The molecule has 0 bridgehead atoms. The Morgan fingerprint density at radius 1 is 0.660 bits per heavy atom. The van der Waals surface area contributed by atoms with Crippen molar-refractivity contribution < 1.29 is 38.2 Å². The molecular formula is C41H33N3O8S. The summed E-state index contributed by atoms with van der Waals surface area (Å²) in [5.41, 5.74) is 2.51. The number of carbonyl (C=O) groups is 5. The Morgan fingerprint density at radius 3 is 1.96 bits per heavy atom. The number of hydrogen-bond acceptors (Lipinski definition) is 9. The predicted octanol–water partition coefficient (Wildman–Crippen LogP) is 6.63. The second-order valence-corrected chi connectivity index (χ2v) is 12.6. The van der Waals surface area contributed by atoms with Crippen molar-refractivity contribution in [2.75, 3.05) is 37.7 Å². The zero-order valence-electron chi connectivity index (χ0n) is 28.9. The third-order valence-corrected chi connectivity index (χ3v) is 9.29. The van der Waals surface area contributed by atoms with Gasteiger partial charge < -0.3 is 30.2 Å². The van der Waals surface area contributed by atoms with E-state index in [1.807, 2.05) is 0 Å². The van der Waals surface area contributed by atoms with Crippen LogP contribution in [0.2, 0.25) is 0 Å². The van der Waals surface area contributed by atoms with Gasteiger partial charge in [-0.05, 0) is 54.6 Å². The maximum atomic E-state index is 13.7. The molecule has 0 radical (unpaired) electrons. The van der Waals surface area contributed by atoms with E-state index in [1.54, 1.807) is 109 Å². The van der Waals surface area contributed by atoms with Crippen molar-refractivity contribution in [1.29, 1.82) is 0 Å². The maximum Gasteiger partial charge on any atom is 0.272 e. The summed E-state index contributed by atoms with van der Waals surface area (Å²) in [5, 5.41) is 8.30. The molecule has 3 amide bonds. The Balaban J connectivity index is 1.15. The molecule has 1 aliphatic carbocycles. The molecule has 0 saturated carbocycles. The topological polar surface area (TPSA) is 149 Å². The zero-order valence-corrected chi connectivity index (χ0v) is 29.7. The second kappa shape index (κ2) is 16.1. The molecule has 0 fully saturated rings. The summed E-state index contributed by atoms with van der Waals surface area (Å²) >= 11 is 1.25. The van der Waals surface area contributed by atoms with Crippen LogP contribution in [0.5, 0.6) is 17.2 Å². The molecule has 266 valence electrons. The predicted molar refractivity (Wildman–Crippen MR) is 202 cm³/mol. The molecule has 0 atom stereocenters. The summed E-state index contributed by atoms with van der Waals surface area (Å²) in [4.78, 5) is 66.9. The molecule has 6 rings (SSSR count). The van der Waals surface area contributed by atoms with Crippen molar-refractivity contribution in [3.05, 3.63) is 148 Å². The van der Waals surface area contributed by atoms with Gasteiger partial charge in [0.1, 0.15) is 11.4 Å². The second-order valence-electron chi connectivity index (χ2n) is 11.6. The number of amides is 3. The molecule has 0 heterocycles. The first-order valence-electron chi connectivity index (χ1n) is 16.2.